The molecule has 16 heavy (non-hydrogen) atoms. The van der Waals surface area contributed by atoms with Gasteiger partial charge in [0.2, 0.25) is 5.88 Å². The molecule has 1 aromatic heterocycles. The number of hydrogen-bond donors (Lipinski definition) is 0. The van der Waals surface area contributed by atoms with Crippen molar-refractivity contribution < 1.29 is 14.2 Å². The lowest BCUT2D eigenvalue weighted by atomic mass is 10.4. The van der Waals surface area contributed by atoms with Crippen molar-refractivity contribution in [3.05, 3.63) is 17.5 Å². The third-order valence-electron chi connectivity index (χ3n) is 2.08. The van der Waals surface area contributed by atoms with Gasteiger partial charge in [0.05, 0.1) is 19.0 Å². The summed E-state index contributed by atoms with van der Waals surface area (Å²) in [6, 6.07) is 0. The predicted octanol–water partition coefficient (Wildman–Crippen LogP) is 1.66. The van der Waals surface area contributed by atoms with Gasteiger partial charge in [0, 0.05) is 0 Å². The molecule has 1 aliphatic heterocycles. The van der Waals surface area contributed by atoms with E-state index < -0.39 is 5.79 Å². The molecule has 0 saturated carbocycles. The molecule has 0 bridgehead atoms. The van der Waals surface area contributed by atoms with Crippen molar-refractivity contribution in [3.8, 4) is 5.88 Å². The van der Waals surface area contributed by atoms with Crippen molar-refractivity contribution in [3.63, 3.8) is 0 Å². The predicted molar refractivity (Wildman–Crippen MR) is 57.4 cm³/mol. The van der Waals surface area contributed by atoms with Crippen LogP contribution >= 0.6 is 11.6 Å². The van der Waals surface area contributed by atoms with Crippen LogP contribution in [0.15, 0.2) is 12.4 Å². The normalized spacial score (nSPS) is 23.3. The van der Waals surface area contributed by atoms with Gasteiger partial charge >= 0.3 is 0 Å². The Balaban J connectivity index is 1.82. The van der Waals surface area contributed by atoms with Crippen molar-refractivity contribution in [2.24, 2.45) is 0 Å². The lowest BCUT2D eigenvalue weighted by molar-refractivity contribution is -0.141. The smallest absolute Gasteiger partial charge is 0.232 e. The van der Waals surface area contributed by atoms with E-state index >= 15 is 0 Å². The first kappa shape index (κ1) is 11.6. The summed E-state index contributed by atoms with van der Waals surface area (Å²) in [5.41, 5.74) is 0. The maximum absolute atomic E-state index is 5.60. The molecule has 1 atom stereocenters. The minimum absolute atomic E-state index is 0.0764. The van der Waals surface area contributed by atoms with E-state index in [9.17, 15) is 0 Å². The zero-order valence-electron chi connectivity index (χ0n) is 9.14. The van der Waals surface area contributed by atoms with Crippen LogP contribution < -0.4 is 4.74 Å². The summed E-state index contributed by atoms with van der Waals surface area (Å²) < 4.78 is 16.4. The molecule has 1 saturated heterocycles. The van der Waals surface area contributed by atoms with Crippen LogP contribution in [0.25, 0.3) is 0 Å². The second kappa shape index (κ2) is 4.53. The molecule has 88 valence electrons. The van der Waals surface area contributed by atoms with Gasteiger partial charge in [0.15, 0.2) is 5.79 Å². The Labute approximate surface area is 98.7 Å². The van der Waals surface area contributed by atoms with Crippen LogP contribution in [0.5, 0.6) is 5.88 Å². The molecule has 2 rings (SSSR count). The molecule has 1 fully saturated rings. The van der Waals surface area contributed by atoms with E-state index in [2.05, 4.69) is 9.97 Å². The largest absolute Gasteiger partial charge is 0.474 e. The van der Waals surface area contributed by atoms with Crippen molar-refractivity contribution >= 4 is 11.6 Å². The summed E-state index contributed by atoms with van der Waals surface area (Å²) in [7, 11) is 0. The topological polar surface area (TPSA) is 53.5 Å². The highest BCUT2D eigenvalue weighted by Gasteiger charge is 2.32. The summed E-state index contributed by atoms with van der Waals surface area (Å²) in [4.78, 5) is 7.82. The Kier molecular flexibility index (Phi) is 3.28. The average Bonchev–Trinajstić information content (AvgIpc) is 2.58. The van der Waals surface area contributed by atoms with Crippen molar-refractivity contribution in [1.29, 1.82) is 0 Å². The summed E-state index contributed by atoms with van der Waals surface area (Å²) in [5.74, 6) is -0.0996. The van der Waals surface area contributed by atoms with Gasteiger partial charge in [-0.1, -0.05) is 11.6 Å². The zero-order valence-corrected chi connectivity index (χ0v) is 9.90. The Morgan fingerprint density at radius 1 is 1.50 bits per heavy atom. The molecule has 0 amide bonds. The van der Waals surface area contributed by atoms with E-state index in [0.717, 1.165) is 0 Å². The highest BCUT2D eigenvalue weighted by Crippen LogP contribution is 2.22. The fourth-order valence-electron chi connectivity index (χ4n) is 1.40. The van der Waals surface area contributed by atoms with Gasteiger partial charge in [0.25, 0.3) is 0 Å². The first-order valence-corrected chi connectivity index (χ1v) is 5.35. The monoisotopic (exact) mass is 244 g/mol. The lowest BCUT2D eigenvalue weighted by Crippen LogP contribution is -2.25. The van der Waals surface area contributed by atoms with Crippen LogP contribution in [-0.2, 0) is 9.47 Å². The number of halogens is 1. The van der Waals surface area contributed by atoms with Crippen molar-refractivity contribution in [1.82, 2.24) is 9.97 Å². The molecule has 0 unspecified atom stereocenters. The average molecular weight is 245 g/mol. The zero-order chi connectivity index (χ0) is 11.6. The number of nitrogens with zero attached hydrogens (tertiary/aromatic N) is 2. The minimum Gasteiger partial charge on any atom is -0.474 e. The number of aromatic nitrogens is 2. The third kappa shape index (κ3) is 3.04. The molecule has 0 radical (unpaired) electrons. The molecule has 5 nitrogen and oxygen atoms in total. The second-order valence-corrected chi connectivity index (χ2v) is 4.33. The lowest BCUT2D eigenvalue weighted by Gasteiger charge is -2.17. The van der Waals surface area contributed by atoms with E-state index in [-0.39, 0.29) is 6.10 Å². The third-order valence-corrected chi connectivity index (χ3v) is 2.28. The number of hydrogen-bond acceptors (Lipinski definition) is 5. The SMILES string of the molecule is CC1(C)OC[C@@H](COc2cnc(Cl)cn2)O1. The molecule has 0 spiro atoms. The van der Waals surface area contributed by atoms with E-state index in [1.165, 1.54) is 12.4 Å². The highest BCUT2D eigenvalue weighted by atomic mass is 35.5. The first-order valence-electron chi connectivity index (χ1n) is 4.97. The molecular formula is C10H13ClN2O3. The fourth-order valence-corrected chi connectivity index (χ4v) is 1.50. The quantitative estimate of drug-likeness (QED) is 0.810. The Hall–Kier alpha value is -0.910. The van der Waals surface area contributed by atoms with Gasteiger partial charge in [-0.3, -0.25) is 0 Å². The molecule has 1 aromatic rings. The fraction of sp³-hybridized carbons (Fsp3) is 0.600. The van der Waals surface area contributed by atoms with E-state index in [4.69, 9.17) is 25.8 Å². The molecule has 2 heterocycles. The minimum atomic E-state index is -0.528. The van der Waals surface area contributed by atoms with Gasteiger partial charge < -0.3 is 14.2 Å². The van der Waals surface area contributed by atoms with Gasteiger partial charge in [-0.2, -0.15) is 0 Å². The van der Waals surface area contributed by atoms with E-state index in [1.54, 1.807) is 0 Å². The Morgan fingerprint density at radius 2 is 2.31 bits per heavy atom. The molecule has 1 aliphatic rings. The van der Waals surface area contributed by atoms with Crippen LogP contribution in [0, 0.1) is 0 Å². The Morgan fingerprint density at radius 3 is 2.88 bits per heavy atom. The van der Waals surface area contributed by atoms with Gasteiger partial charge in [-0.05, 0) is 13.8 Å². The van der Waals surface area contributed by atoms with Crippen molar-refractivity contribution in [2.75, 3.05) is 13.2 Å². The van der Waals surface area contributed by atoms with Gasteiger partial charge in [0.1, 0.15) is 17.9 Å². The molecule has 0 N–H and O–H groups in total. The maximum Gasteiger partial charge on any atom is 0.232 e. The van der Waals surface area contributed by atoms with Crippen LogP contribution in [0.3, 0.4) is 0 Å². The van der Waals surface area contributed by atoms with E-state index in [1.807, 2.05) is 13.8 Å². The summed E-state index contributed by atoms with van der Waals surface area (Å²) in [6.45, 7) is 4.65. The van der Waals surface area contributed by atoms with Gasteiger partial charge in [-0.15, -0.1) is 0 Å². The number of rotatable bonds is 3. The van der Waals surface area contributed by atoms with Crippen LogP contribution in [-0.4, -0.2) is 35.1 Å². The van der Waals surface area contributed by atoms with Crippen LogP contribution in [0.2, 0.25) is 5.15 Å². The summed E-state index contributed by atoms with van der Waals surface area (Å²) in [6.07, 6.45) is 2.84. The molecular weight excluding hydrogens is 232 g/mol. The molecule has 6 heteroatoms. The second-order valence-electron chi connectivity index (χ2n) is 3.94. The van der Waals surface area contributed by atoms with Gasteiger partial charge in [-0.25, -0.2) is 9.97 Å². The Bertz CT molecular complexity index is 356. The summed E-state index contributed by atoms with van der Waals surface area (Å²) >= 11 is 5.60. The molecule has 0 aromatic carbocycles. The first-order chi connectivity index (χ1) is 7.55. The highest BCUT2D eigenvalue weighted by molar-refractivity contribution is 6.29. The van der Waals surface area contributed by atoms with Crippen LogP contribution in [0.1, 0.15) is 13.8 Å². The standard InChI is InChI=1S/C10H13ClN2O3/c1-10(2)15-6-7(16-10)5-14-9-4-12-8(11)3-13-9/h3-4,7H,5-6H2,1-2H3/t7-/m1/s1. The summed E-state index contributed by atoms with van der Waals surface area (Å²) in [5, 5.41) is 0.342. The van der Waals surface area contributed by atoms with E-state index in [0.29, 0.717) is 24.2 Å². The van der Waals surface area contributed by atoms with Crippen LogP contribution in [0.4, 0.5) is 0 Å². The maximum atomic E-state index is 5.60. The number of ether oxygens (including phenoxy) is 3. The van der Waals surface area contributed by atoms with Crippen molar-refractivity contribution in [2.45, 2.75) is 25.7 Å². The molecule has 0 aliphatic carbocycles.